The van der Waals surface area contributed by atoms with E-state index in [0.717, 1.165) is 41.2 Å². The van der Waals surface area contributed by atoms with Crippen LogP contribution in [0.3, 0.4) is 0 Å². The summed E-state index contributed by atoms with van der Waals surface area (Å²) in [5, 5.41) is 8.74. The molecule has 0 aliphatic carbocycles. The zero-order chi connectivity index (χ0) is 24.5. The number of ether oxygens (including phenoxy) is 1. The number of rotatable bonds is 12. The predicted octanol–water partition coefficient (Wildman–Crippen LogP) is 6.33. The van der Waals surface area contributed by atoms with E-state index < -0.39 is 5.97 Å². The Hall–Kier alpha value is -3.54. The molecule has 1 aromatic heterocycles. The number of carbonyl (C=O) groups excluding carboxylic acids is 1. The van der Waals surface area contributed by atoms with Crippen molar-refractivity contribution in [1.29, 1.82) is 0 Å². The predicted molar refractivity (Wildman–Crippen MR) is 132 cm³/mol. The van der Waals surface area contributed by atoms with Gasteiger partial charge in [-0.05, 0) is 70.4 Å². The van der Waals surface area contributed by atoms with Gasteiger partial charge in [-0.1, -0.05) is 30.3 Å². The minimum atomic E-state index is -0.768. The summed E-state index contributed by atoms with van der Waals surface area (Å²) in [6.07, 6.45) is 2.42. The van der Waals surface area contributed by atoms with E-state index in [9.17, 15) is 9.59 Å². The van der Waals surface area contributed by atoms with Crippen LogP contribution in [0.4, 0.5) is 0 Å². The third-order valence-corrected chi connectivity index (χ3v) is 5.65. The average molecular weight is 464 g/mol. The standard InChI is InChI=1S/C28H33NO5/c1-20(2)29(28(32)23-15-13-22(14-16-23)26-17-12-21(3)34-26)19-24-9-6-7-10-25(24)33-18-8-4-5-11-27(30)31/h6-7,9-10,12-17,20H,4-5,8,11,18-19H2,1-3H3,(H,30,31). The first kappa shape index (κ1) is 25.1. The number of carboxylic acids is 1. The van der Waals surface area contributed by atoms with E-state index >= 15 is 0 Å². The molecular formula is C28H33NO5. The van der Waals surface area contributed by atoms with Crippen molar-refractivity contribution in [1.82, 2.24) is 4.90 Å². The molecule has 0 bridgehead atoms. The van der Waals surface area contributed by atoms with E-state index in [2.05, 4.69) is 0 Å². The Morgan fingerprint density at radius 1 is 0.971 bits per heavy atom. The van der Waals surface area contributed by atoms with Gasteiger partial charge in [0.1, 0.15) is 17.3 Å². The molecule has 0 spiro atoms. The molecule has 3 aromatic rings. The molecule has 2 aromatic carbocycles. The zero-order valence-electron chi connectivity index (χ0n) is 20.1. The highest BCUT2D eigenvalue weighted by Gasteiger charge is 2.21. The molecule has 180 valence electrons. The molecule has 3 rings (SSSR count). The number of amides is 1. The molecule has 0 atom stereocenters. The third kappa shape index (κ3) is 6.98. The van der Waals surface area contributed by atoms with Crippen molar-refractivity contribution in [3.05, 3.63) is 77.6 Å². The number of carboxylic acid groups (broad SMARTS) is 1. The fraction of sp³-hybridized carbons (Fsp3) is 0.357. The van der Waals surface area contributed by atoms with Gasteiger partial charge in [-0.2, -0.15) is 0 Å². The van der Waals surface area contributed by atoms with E-state index in [4.69, 9.17) is 14.3 Å². The maximum Gasteiger partial charge on any atom is 0.303 e. The van der Waals surface area contributed by atoms with E-state index in [-0.39, 0.29) is 18.4 Å². The van der Waals surface area contributed by atoms with Crippen molar-refractivity contribution in [2.45, 2.75) is 59.0 Å². The molecule has 0 saturated carbocycles. The highest BCUT2D eigenvalue weighted by atomic mass is 16.5. The number of furan rings is 1. The van der Waals surface area contributed by atoms with Gasteiger partial charge >= 0.3 is 5.97 Å². The fourth-order valence-corrected chi connectivity index (χ4v) is 3.72. The zero-order valence-corrected chi connectivity index (χ0v) is 20.1. The summed E-state index contributed by atoms with van der Waals surface area (Å²) in [5.41, 5.74) is 2.50. The van der Waals surface area contributed by atoms with Crippen molar-refractivity contribution in [2.75, 3.05) is 6.61 Å². The summed E-state index contributed by atoms with van der Waals surface area (Å²) in [5.74, 6) is 1.58. The van der Waals surface area contributed by atoms with Gasteiger partial charge in [0.05, 0.1) is 6.61 Å². The van der Waals surface area contributed by atoms with Gasteiger partial charge in [0, 0.05) is 35.7 Å². The second-order valence-electron chi connectivity index (χ2n) is 8.68. The Morgan fingerprint density at radius 2 is 1.71 bits per heavy atom. The summed E-state index contributed by atoms with van der Waals surface area (Å²) in [6.45, 7) is 6.86. The fourth-order valence-electron chi connectivity index (χ4n) is 3.72. The molecule has 0 aliphatic rings. The molecule has 1 heterocycles. The number of hydrogen-bond donors (Lipinski definition) is 1. The van der Waals surface area contributed by atoms with Gasteiger partial charge < -0.3 is 19.2 Å². The normalized spacial score (nSPS) is 10.9. The lowest BCUT2D eigenvalue weighted by atomic mass is 10.1. The number of para-hydroxylation sites is 1. The Labute approximate surface area is 201 Å². The second kappa shape index (κ2) is 12.1. The Kier molecular flexibility index (Phi) is 8.91. The molecule has 0 saturated heterocycles. The maximum absolute atomic E-state index is 13.4. The minimum absolute atomic E-state index is 0.00368. The van der Waals surface area contributed by atoms with Gasteiger partial charge in [0.2, 0.25) is 0 Å². The molecule has 0 unspecified atom stereocenters. The number of aryl methyl sites for hydroxylation is 1. The first-order valence-corrected chi connectivity index (χ1v) is 11.8. The number of unbranched alkanes of at least 4 members (excludes halogenated alkanes) is 2. The van der Waals surface area contributed by atoms with Crippen molar-refractivity contribution in [2.24, 2.45) is 0 Å². The molecule has 6 heteroatoms. The summed E-state index contributed by atoms with van der Waals surface area (Å²) in [6, 6.07) is 19.1. The second-order valence-corrected chi connectivity index (χ2v) is 8.68. The lowest BCUT2D eigenvalue weighted by molar-refractivity contribution is -0.137. The van der Waals surface area contributed by atoms with Crippen LogP contribution in [0.15, 0.2) is 65.1 Å². The van der Waals surface area contributed by atoms with E-state index in [1.54, 1.807) is 0 Å². The first-order valence-electron chi connectivity index (χ1n) is 11.8. The number of benzene rings is 2. The van der Waals surface area contributed by atoms with Crippen LogP contribution in [-0.4, -0.2) is 34.5 Å². The molecule has 0 fully saturated rings. The van der Waals surface area contributed by atoms with Crippen LogP contribution in [0.25, 0.3) is 11.3 Å². The Morgan fingerprint density at radius 3 is 2.35 bits per heavy atom. The van der Waals surface area contributed by atoms with Crippen LogP contribution < -0.4 is 4.74 Å². The quantitative estimate of drug-likeness (QED) is 0.318. The van der Waals surface area contributed by atoms with Crippen molar-refractivity contribution >= 4 is 11.9 Å². The van der Waals surface area contributed by atoms with Crippen LogP contribution in [0.5, 0.6) is 5.75 Å². The van der Waals surface area contributed by atoms with Gasteiger partial charge in [-0.15, -0.1) is 0 Å². The number of carbonyl (C=O) groups is 2. The van der Waals surface area contributed by atoms with Crippen LogP contribution in [0.1, 0.15) is 61.2 Å². The van der Waals surface area contributed by atoms with Gasteiger partial charge in [0.15, 0.2) is 0 Å². The maximum atomic E-state index is 13.4. The SMILES string of the molecule is Cc1ccc(-c2ccc(C(=O)N(Cc3ccccc3OCCCCCC(=O)O)C(C)C)cc2)o1. The third-order valence-electron chi connectivity index (χ3n) is 5.65. The highest BCUT2D eigenvalue weighted by Crippen LogP contribution is 2.25. The lowest BCUT2D eigenvalue weighted by Crippen LogP contribution is -2.36. The Balaban J connectivity index is 1.65. The number of aliphatic carboxylic acids is 1. The molecule has 6 nitrogen and oxygen atoms in total. The van der Waals surface area contributed by atoms with E-state index in [1.807, 2.05) is 86.3 Å². The molecule has 0 aliphatic heterocycles. The summed E-state index contributed by atoms with van der Waals surface area (Å²) >= 11 is 0. The van der Waals surface area contributed by atoms with Crippen LogP contribution >= 0.6 is 0 Å². The molecule has 1 N–H and O–H groups in total. The van der Waals surface area contributed by atoms with Crippen LogP contribution in [0, 0.1) is 6.92 Å². The monoisotopic (exact) mass is 463 g/mol. The highest BCUT2D eigenvalue weighted by molar-refractivity contribution is 5.94. The Bertz CT molecular complexity index is 1080. The smallest absolute Gasteiger partial charge is 0.303 e. The van der Waals surface area contributed by atoms with Crippen molar-refractivity contribution in [3.63, 3.8) is 0 Å². The van der Waals surface area contributed by atoms with Crippen molar-refractivity contribution in [3.8, 4) is 17.1 Å². The first-order chi connectivity index (χ1) is 16.3. The summed E-state index contributed by atoms with van der Waals surface area (Å²) in [7, 11) is 0. The van der Waals surface area contributed by atoms with E-state index in [0.29, 0.717) is 25.1 Å². The molecule has 0 radical (unpaired) electrons. The summed E-state index contributed by atoms with van der Waals surface area (Å²) < 4.78 is 11.7. The summed E-state index contributed by atoms with van der Waals surface area (Å²) in [4.78, 5) is 25.8. The largest absolute Gasteiger partial charge is 0.493 e. The van der Waals surface area contributed by atoms with Crippen LogP contribution in [-0.2, 0) is 11.3 Å². The number of hydrogen-bond acceptors (Lipinski definition) is 4. The molecular weight excluding hydrogens is 430 g/mol. The van der Waals surface area contributed by atoms with Crippen LogP contribution in [0.2, 0.25) is 0 Å². The average Bonchev–Trinajstić information content (AvgIpc) is 3.26. The molecule has 1 amide bonds. The van der Waals surface area contributed by atoms with Gasteiger partial charge in [-0.3, -0.25) is 9.59 Å². The topological polar surface area (TPSA) is 80.0 Å². The van der Waals surface area contributed by atoms with Gasteiger partial charge in [-0.25, -0.2) is 0 Å². The lowest BCUT2D eigenvalue weighted by Gasteiger charge is -2.28. The van der Waals surface area contributed by atoms with E-state index in [1.165, 1.54) is 0 Å². The van der Waals surface area contributed by atoms with Crippen molar-refractivity contribution < 1.29 is 23.8 Å². The van der Waals surface area contributed by atoms with Gasteiger partial charge in [0.25, 0.3) is 5.91 Å². The minimum Gasteiger partial charge on any atom is -0.493 e. The number of nitrogens with zero attached hydrogens (tertiary/aromatic N) is 1. The molecule has 34 heavy (non-hydrogen) atoms.